The summed E-state index contributed by atoms with van der Waals surface area (Å²) in [5.74, 6) is 1.05. The van der Waals surface area contributed by atoms with Gasteiger partial charge in [0.25, 0.3) is 0 Å². The van der Waals surface area contributed by atoms with Crippen LogP contribution in [0.3, 0.4) is 0 Å². The Morgan fingerprint density at radius 3 is 2.53 bits per heavy atom. The molecule has 3 heteroatoms. The summed E-state index contributed by atoms with van der Waals surface area (Å²) >= 11 is 4.41. The lowest BCUT2D eigenvalue weighted by Gasteiger charge is -2.34. The lowest BCUT2D eigenvalue weighted by atomic mass is 9.84. The van der Waals surface area contributed by atoms with Crippen LogP contribution in [0.5, 0.6) is 0 Å². The third-order valence-corrected chi connectivity index (χ3v) is 4.31. The summed E-state index contributed by atoms with van der Waals surface area (Å²) < 4.78 is 0. The number of nitrogens with zero attached hydrogens (tertiary/aromatic N) is 1. The lowest BCUT2D eigenvalue weighted by molar-refractivity contribution is -0.130. The maximum atomic E-state index is 11.7. The van der Waals surface area contributed by atoms with Crippen molar-refractivity contribution in [2.75, 3.05) is 6.54 Å². The normalized spacial score (nSPS) is 30.9. The van der Waals surface area contributed by atoms with Gasteiger partial charge in [0.15, 0.2) is 0 Å². The predicted molar refractivity (Wildman–Crippen MR) is 65.1 cm³/mol. The Morgan fingerprint density at radius 2 is 2.00 bits per heavy atom. The van der Waals surface area contributed by atoms with Gasteiger partial charge in [0.05, 0.1) is 0 Å². The van der Waals surface area contributed by atoms with E-state index >= 15 is 0 Å². The molecule has 0 aromatic heterocycles. The van der Waals surface area contributed by atoms with Gasteiger partial charge in [-0.1, -0.05) is 19.3 Å². The SMILES string of the molecule is CC(C1CCCCC1)N1CC(S)CC1=O. The number of hydrogen-bond acceptors (Lipinski definition) is 2. The molecular weight excluding hydrogens is 206 g/mol. The average Bonchev–Trinajstić information content (AvgIpc) is 2.58. The highest BCUT2D eigenvalue weighted by Crippen LogP contribution is 2.31. The van der Waals surface area contributed by atoms with Crippen LogP contribution in [-0.4, -0.2) is 28.6 Å². The van der Waals surface area contributed by atoms with Crippen LogP contribution >= 0.6 is 12.6 Å². The number of thiol groups is 1. The van der Waals surface area contributed by atoms with E-state index in [-0.39, 0.29) is 5.25 Å². The third-order valence-electron chi connectivity index (χ3n) is 3.96. The van der Waals surface area contributed by atoms with Gasteiger partial charge in [-0.3, -0.25) is 4.79 Å². The zero-order valence-electron chi connectivity index (χ0n) is 9.48. The molecule has 0 aromatic rings. The molecule has 2 rings (SSSR count). The van der Waals surface area contributed by atoms with E-state index in [1.807, 2.05) is 0 Å². The van der Waals surface area contributed by atoms with Gasteiger partial charge in [-0.25, -0.2) is 0 Å². The molecule has 2 aliphatic rings. The van der Waals surface area contributed by atoms with Crippen LogP contribution in [-0.2, 0) is 4.79 Å². The molecule has 1 saturated heterocycles. The van der Waals surface area contributed by atoms with Gasteiger partial charge in [0, 0.05) is 24.3 Å². The molecule has 2 fully saturated rings. The third kappa shape index (κ3) is 2.49. The van der Waals surface area contributed by atoms with Crippen LogP contribution in [0.4, 0.5) is 0 Å². The molecule has 0 N–H and O–H groups in total. The highest BCUT2D eigenvalue weighted by molar-refractivity contribution is 7.81. The van der Waals surface area contributed by atoms with Gasteiger partial charge in [0.1, 0.15) is 0 Å². The second kappa shape index (κ2) is 4.77. The molecular formula is C12H21NOS. The maximum absolute atomic E-state index is 11.7. The van der Waals surface area contributed by atoms with Crippen molar-refractivity contribution in [2.45, 2.75) is 56.7 Å². The summed E-state index contributed by atoms with van der Waals surface area (Å²) in [5, 5.41) is 0.267. The Balaban J connectivity index is 1.94. The fourth-order valence-corrected chi connectivity index (χ4v) is 3.31. The second-order valence-corrected chi connectivity index (χ2v) is 5.77. The lowest BCUT2D eigenvalue weighted by Crippen LogP contribution is -2.40. The molecule has 0 spiro atoms. The molecule has 1 heterocycles. The van der Waals surface area contributed by atoms with E-state index in [0.717, 1.165) is 12.5 Å². The van der Waals surface area contributed by atoms with Crippen molar-refractivity contribution in [2.24, 2.45) is 5.92 Å². The minimum absolute atomic E-state index is 0.267. The van der Waals surface area contributed by atoms with Crippen molar-refractivity contribution in [1.82, 2.24) is 4.90 Å². The van der Waals surface area contributed by atoms with Gasteiger partial charge >= 0.3 is 0 Å². The number of rotatable bonds is 2. The van der Waals surface area contributed by atoms with E-state index in [4.69, 9.17) is 0 Å². The van der Waals surface area contributed by atoms with Crippen LogP contribution in [0, 0.1) is 5.92 Å². The van der Waals surface area contributed by atoms with E-state index in [0.29, 0.717) is 18.4 Å². The highest BCUT2D eigenvalue weighted by Gasteiger charge is 2.34. The van der Waals surface area contributed by atoms with Gasteiger partial charge in [0.2, 0.25) is 5.91 Å². The summed E-state index contributed by atoms with van der Waals surface area (Å²) in [6.45, 7) is 3.08. The summed E-state index contributed by atoms with van der Waals surface area (Å²) in [6, 6.07) is 0.440. The van der Waals surface area contributed by atoms with Crippen LogP contribution in [0.15, 0.2) is 0 Å². The van der Waals surface area contributed by atoms with Gasteiger partial charge in [-0.2, -0.15) is 12.6 Å². The van der Waals surface area contributed by atoms with Crippen molar-refractivity contribution in [3.05, 3.63) is 0 Å². The number of carbonyl (C=O) groups excluding carboxylic acids is 1. The van der Waals surface area contributed by atoms with Crippen molar-refractivity contribution < 1.29 is 4.79 Å². The van der Waals surface area contributed by atoms with Crippen molar-refractivity contribution in [1.29, 1.82) is 0 Å². The van der Waals surface area contributed by atoms with E-state index in [2.05, 4.69) is 24.5 Å². The number of carbonyl (C=O) groups is 1. The van der Waals surface area contributed by atoms with Gasteiger partial charge in [-0.15, -0.1) is 0 Å². The Hall–Kier alpha value is -0.180. The fourth-order valence-electron chi connectivity index (χ4n) is 2.98. The molecule has 15 heavy (non-hydrogen) atoms. The monoisotopic (exact) mass is 227 g/mol. The molecule has 1 aliphatic heterocycles. The minimum Gasteiger partial charge on any atom is -0.339 e. The van der Waals surface area contributed by atoms with E-state index < -0.39 is 0 Å². The first-order chi connectivity index (χ1) is 7.18. The summed E-state index contributed by atoms with van der Waals surface area (Å²) in [4.78, 5) is 13.8. The molecule has 86 valence electrons. The zero-order chi connectivity index (χ0) is 10.8. The Morgan fingerprint density at radius 1 is 1.33 bits per heavy atom. The van der Waals surface area contributed by atoms with E-state index in [9.17, 15) is 4.79 Å². The molecule has 0 bridgehead atoms. The van der Waals surface area contributed by atoms with Crippen LogP contribution < -0.4 is 0 Å². The minimum atomic E-state index is 0.267. The number of hydrogen-bond donors (Lipinski definition) is 1. The molecule has 1 aliphatic carbocycles. The van der Waals surface area contributed by atoms with Crippen LogP contribution in [0.2, 0.25) is 0 Å². The number of amides is 1. The Bertz CT molecular complexity index is 238. The predicted octanol–water partition coefficient (Wildman–Crippen LogP) is 2.49. The Labute approximate surface area is 97.8 Å². The largest absolute Gasteiger partial charge is 0.339 e. The van der Waals surface area contributed by atoms with Crippen molar-refractivity contribution in [3.63, 3.8) is 0 Å². The molecule has 0 radical (unpaired) electrons. The zero-order valence-corrected chi connectivity index (χ0v) is 10.4. The van der Waals surface area contributed by atoms with Crippen LogP contribution in [0.1, 0.15) is 45.4 Å². The van der Waals surface area contributed by atoms with Gasteiger partial charge < -0.3 is 4.90 Å². The fraction of sp³-hybridized carbons (Fsp3) is 0.917. The maximum Gasteiger partial charge on any atom is 0.224 e. The second-order valence-electron chi connectivity index (χ2n) is 5.04. The average molecular weight is 227 g/mol. The smallest absolute Gasteiger partial charge is 0.224 e. The molecule has 1 saturated carbocycles. The quantitative estimate of drug-likeness (QED) is 0.719. The topological polar surface area (TPSA) is 20.3 Å². The summed E-state index contributed by atoms with van der Waals surface area (Å²) in [6.07, 6.45) is 7.33. The molecule has 2 nitrogen and oxygen atoms in total. The van der Waals surface area contributed by atoms with E-state index in [1.54, 1.807) is 0 Å². The first-order valence-electron chi connectivity index (χ1n) is 6.16. The molecule has 2 unspecified atom stereocenters. The van der Waals surface area contributed by atoms with E-state index in [1.165, 1.54) is 32.1 Å². The first kappa shape index (κ1) is 11.3. The summed E-state index contributed by atoms with van der Waals surface area (Å²) in [5.41, 5.74) is 0. The summed E-state index contributed by atoms with van der Waals surface area (Å²) in [7, 11) is 0. The Kier molecular flexibility index (Phi) is 3.60. The number of likely N-dealkylation sites (tertiary alicyclic amines) is 1. The first-order valence-corrected chi connectivity index (χ1v) is 6.67. The van der Waals surface area contributed by atoms with Gasteiger partial charge in [-0.05, 0) is 25.7 Å². The van der Waals surface area contributed by atoms with Crippen molar-refractivity contribution >= 4 is 18.5 Å². The molecule has 1 amide bonds. The molecule has 0 aromatic carbocycles. The van der Waals surface area contributed by atoms with Crippen molar-refractivity contribution in [3.8, 4) is 0 Å². The van der Waals surface area contributed by atoms with Crippen LogP contribution in [0.25, 0.3) is 0 Å². The standard InChI is InChI=1S/C12H21NOS/c1-9(10-5-3-2-4-6-10)13-8-11(15)7-12(13)14/h9-11,15H,2-8H2,1H3. The molecule has 2 atom stereocenters. The highest BCUT2D eigenvalue weighted by atomic mass is 32.1.